The van der Waals surface area contributed by atoms with Crippen molar-refractivity contribution in [1.29, 1.82) is 0 Å². The number of halogens is 1. The topological polar surface area (TPSA) is 81.1 Å². The molecule has 5 heteroatoms. The predicted molar refractivity (Wildman–Crippen MR) is 73.1 cm³/mol. The maximum Gasteiger partial charge on any atom is 0.250 e. The highest BCUT2D eigenvalue weighted by Gasteiger charge is 2.06. The number of rotatable bonds is 4. The summed E-state index contributed by atoms with van der Waals surface area (Å²) in [6.07, 6.45) is 0. The highest BCUT2D eigenvalue weighted by Crippen LogP contribution is 2.18. The molecule has 19 heavy (non-hydrogen) atoms. The van der Waals surface area contributed by atoms with E-state index in [9.17, 15) is 9.18 Å². The molecule has 0 saturated heterocycles. The lowest BCUT2D eigenvalue weighted by Gasteiger charge is -2.09. The molecule has 0 fully saturated rings. The summed E-state index contributed by atoms with van der Waals surface area (Å²) in [4.78, 5) is 11.2. The third-order valence-corrected chi connectivity index (χ3v) is 2.70. The van der Waals surface area contributed by atoms with Crippen LogP contribution >= 0.6 is 0 Å². The molecule has 0 unspecified atom stereocenters. The second kappa shape index (κ2) is 5.39. The van der Waals surface area contributed by atoms with Crippen LogP contribution < -0.4 is 16.8 Å². The molecule has 98 valence electrons. The van der Waals surface area contributed by atoms with E-state index in [1.807, 2.05) is 6.07 Å². The van der Waals surface area contributed by atoms with Gasteiger partial charge in [0.05, 0.1) is 5.56 Å². The normalized spacial score (nSPS) is 10.2. The van der Waals surface area contributed by atoms with Gasteiger partial charge in [0.25, 0.3) is 5.91 Å². The highest BCUT2D eigenvalue weighted by atomic mass is 19.1. The Morgan fingerprint density at radius 3 is 2.68 bits per heavy atom. The van der Waals surface area contributed by atoms with E-state index >= 15 is 0 Å². The number of carbonyl (C=O) groups is 1. The van der Waals surface area contributed by atoms with Crippen molar-refractivity contribution in [2.45, 2.75) is 6.54 Å². The average molecular weight is 259 g/mol. The van der Waals surface area contributed by atoms with Gasteiger partial charge in [-0.1, -0.05) is 12.1 Å². The van der Waals surface area contributed by atoms with Gasteiger partial charge in [0.2, 0.25) is 0 Å². The SMILES string of the molecule is NC(=O)c1cc(NCc2cccc(F)c2)ccc1N. The Labute approximate surface area is 110 Å². The Kier molecular flexibility index (Phi) is 3.66. The molecule has 0 aliphatic carbocycles. The van der Waals surface area contributed by atoms with Crippen LogP contribution in [0.25, 0.3) is 0 Å². The Balaban J connectivity index is 2.12. The number of primary amides is 1. The number of nitrogens with two attached hydrogens (primary N) is 2. The third kappa shape index (κ3) is 3.22. The van der Waals surface area contributed by atoms with Crippen molar-refractivity contribution in [1.82, 2.24) is 0 Å². The van der Waals surface area contributed by atoms with Crippen LogP contribution in [0.2, 0.25) is 0 Å². The minimum Gasteiger partial charge on any atom is -0.398 e. The Morgan fingerprint density at radius 2 is 2.00 bits per heavy atom. The average Bonchev–Trinajstić information content (AvgIpc) is 2.37. The van der Waals surface area contributed by atoms with Crippen molar-refractivity contribution < 1.29 is 9.18 Å². The third-order valence-electron chi connectivity index (χ3n) is 2.70. The first-order valence-corrected chi connectivity index (χ1v) is 5.74. The molecule has 2 rings (SSSR count). The number of nitrogens with one attached hydrogen (secondary N) is 1. The monoisotopic (exact) mass is 259 g/mol. The summed E-state index contributed by atoms with van der Waals surface area (Å²) in [5.74, 6) is -0.860. The van der Waals surface area contributed by atoms with Gasteiger partial charge in [-0.3, -0.25) is 4.79 Å². The summed E-state index contributed by atoms with van der Waals surface area (Å²) in [5.41, 5.74) is 13.0. The van der Waals surface area contributed by atoms with Crippen LogP contribution in [0, 0.1) is 5.82 Å². The molecule has 0 bridgehead atoms. The minimum absolute atomic E-state index is 0.268. The molecule has 0 radical (unpaired) electrons. The summed E-state index contributed by atoms with van der Waals surface area (Å²) in [5, 5.41) is 3.08. The predicted octanol–water partition coefficient (Wildman–Crippen LogP) is 2.12. The van der Waals surface area contributed by atoms with Crippen LogP contribution in [0.15, 0.2) is 42.5 Å². The van der Waals surface area contributed by atoms with E-state index in [1.54, 1.807) is 24.3 Å². The van der Waals surface area contributed by atoms with Gasteiger partial charge >= 0.3 is 0 Å². The molecule has 2 aromatic carbocycles. The van der Waals surface area contributed by atoms with Gasteiger partial charge in [-0.05, 0) is 35.9 Å². The molecule has 0 aliphatic heterocycles. The van der Waals surface area contributed by atoms with Crippen molar-refractivity contribution in [3.8, 4) is 0 Å². The molecule has 1 amide bonds. The van der Waals surface area contributed by atoms with Gasteiger partial charge in [-0.25, -0.2) is 4.39 Å². The van der Waals surface area contributed by atoms with Crippen molar-refractivity contribution in [3.63, 3.8) is 0 Å². The van der Waals surface area contributed by atoms with Crippen LogP contribution in [-0.4, -0.2) is 5.91 Å². The van der Waals surface area contributed by atoms with Gasteiger partial charge in [0.15, 0.2) is 0 Å². The number of benzene rings is 2. The minimum atomic E-state index is -0.577. The number of amides is 1. The maximum absolute atomic E-state index is 13.0. The second-order valence-electron chi connectivity index (χ2n) is 4.15. The van der Waals surface area contributed by atoms with E-state index in [-0.39, 0.29) is 11.4 Å². The van der Waals surface area contributed by atoms with Crippen molar-refractivity contribution in [2.24, 2.45) is 5.73 Å². The Hall–Kier alpha value is -2.56. The van der Waals surface area contributed by atoms with Gasteiger partial charge in [-0.15, -0.1) is 0 Å². The molecule has 4 nitrogen and oxygen atoms in total. The Morgan fingerprint density at radius 1 is 1.21 bits per heavy atom. The molecule has 0 saturated carbocycles. The van der Waals surface area contributed by atoms with E-state index < -0.39 is 5.91 Å². The second-order valence-corrected chi connectivity index (χ2v) is 4.15. The molecule has 0 aromatic heterocycles. The van der Waals surface area contributed by atoms with Gasteiger partial charge in [-0.2, -0.15) is 0 Å². The number of hydrogen-bond acceptors (Lipinski definition) is 3. The number of anilines is 2. The van der Waals surface area contributed by atoms with Crippen LogP contribution in [0.5, 0.6) is 0 Å². The van der Waals surface area contributed by atoms with E-state index in [0.717, 1.165) is 5.56 Å². The summed E-state index contributed by atoms with van der Waals surface area (Å²) in [6.45, 7) is 0.444. The first-order chi connectivity index (χ1) is 9.06. The highest BCUT2D eigenvalue weighted by molar-refractivity contribution is 5.98. The molecule has 0 spiro atoms. The lowest BCUT2D eigenvalue weighted by molar-refractivity contribution is 0.100. The smallest absolute Gasteiger partial charge is 0.250 e. The van der Waals surface area contributed by atoms with Crippen LogP contribution in [-0.2, 0) is 6.54 Å². The van der Waals surface area contributed by atoms with Crippen molar-refractivity contribution in [2.75, 3.05) is 11.1 Å². The Bertz CT molecular complexity index is 613. The van der Waals surface area contributed by atoms with Crippen LogP contribution in [0.4, 0.5) is 15.8 Å². The summed E-state index contributed by atoms with van der Waals surface area (Å²) in [6, 6.07) is 11.2. The van der Waals surface area contributed by atoms with Crippen LogP contribution in [0.3, 0.4) is 0 Å². The van der Waals surface area contributed by atoms with E-state index in [4.69, 9.17) is 11.5 Å². The standard InChI is InChI=1S/C14H14FN3O/c15-10-3-1-2-9(6-10)8-18-11-4-5-13(16)12(7-11)14(17)19/h1-7,18H,8,16H2,(H2,17,19). The molecule has 0 atom stereocenters. The largest absolute Gasteiger partial charge is 0.398 e. The summed E-state index contributed by atoms with van der Waals surface area (Å²) in [7, 11) is 0. The zero-order chi connectivity index (χ0) is 13.8. The zero-order valence-corrected chi connectivity index (χ0v) is 10.2. The summed E-state index contributed by atoms with van der Waals surface area (Å²) < 4.78 is 13.0. The van der Waals surface area contributed by atoms with E-state index in [1.165, 1.54) is 12.1 Å². The number of carbonyl (C=O) groups excluding carboxylic acids is 1. The van der Waals surface area contributed by atoms with Crippen LogP contribution in [0.1, 0.15) is 15.9 Å². The zero-order valence-electron chi connectivity index (χ0n) is 10.2. The quantitative estimate of drug-likeness (QED) is 0.736. The molecule has 2 aromatic rings. The lowest BCUT2D eigenvalue weighted by Crippen LogP contribution is -2.14. The molecule has 0 aliphatic rings. The molecule has 5 N–H and O–H groups in total. The fraction of sp³-hybridized carbons (Fsp3) is 0.0714. The van der Waals surface area contributed by atoms with Crippen molar-refractivity contribution in [3.05, 3.63) is 59.4 Å². The molecular weight excluding hydrogens is 245 g/mol. The van der Waals surface area contributed by atoms with Gasteiger partial charge in [0, 0.05) is 17.9 Å². The van der Waals surface area contributed by atoms with E-state index in [0.29, 0.717) is 17.9 Å². The molecular formula is C14H14FN3O. The summed E-state index contributed by atoms with van der Waals surface area (Å²) >= 11 is 0. The fourth-order valence-electron chi connectivity index (χ4n) is 1.73. The lowest BCUT2D eigenvalue weighted by atomic mass is 10.1. The van der Waals surface area contributed by atoms with Gasteiger partial charge < -0.3 is 16.8 Å². The van der Waals surface area contributed by atoms with Crippen molar-refractivity contribution >= 4 is 17.3 Å². The molecule has 0 heterocycles. The number of hydrogen-bond donors (Lipinski definition) is 3. The number of nitrogen functional groups attached to an aromatic ring is 1. The van der Waals surface area contributed by atoms with E-state index in [2.05, 4.69) is 5.32 Å². The first kappa shape index (κ1) is 12.9. The first-order valence-electron chi connectivity index (χ1n) is 5.74. The van der Waals surface area contributed by atoms with Gasteiger partial charge in [0.1, 0.15) is 5.82 Å². The fourth-order valence-corrected chi connectivity index (χ4v) is 1.73. The maximum atomic E-state index is 13.0.